The van der Waals surface area contributed by atoms with Crippen LogP contribution in [0, 0.1) is 0 Å². The highest BCUT2D eigenvalue weighted by atomic mass is 19.4. The molecule has 1 aliphatic heterocycles. The lowest BCUT2D eigenvalue weighted by molar-refractivity contribution is -0.143. The molecule has 4 nitrogen and oxygen atoms in total. The van der Waals surface area contributed by atoms with Crippen molar-refractivity contribution in [2.45, 2.75) is 12.4 Å². The predicted octanol–water partition coefficient (Wildman–Crippen LogP) is 3.28. The first-order chi connectivity index (χ1) is 11.5. The molecule has 2 rings (SSSR count). The molecule has 1 saturated heterocycles. The molecule has 10 heteroatoms. The van der Waals surface area contributed by atoms with Crippen molar-refractivity contribution in [1.82, 2.24) is 9.91 Å². The van der Waals surface area contributed by atoms with Gasteiger partial charge in [-0.3, -0.25) is 0 Å². The Balaban J connectivity index is 2.59. The van der Waals surface area contributed by atoms with Crippen molar-refractivity contribution >= 4 is 5.84 Å². The van der Waals surface area contributed by atoms with E-state index < -0.39 is 23.5 Å². The summed E-state index contributed by atoms with van der Waals surface area (Å²) in [6.45, 7) is 1.28. The Morgan fingerprint density at radius 1 is 0.960 bits per heavy atom. The lowest BCUT2D eigenvalue weighted by atomic mass is 10.0. The summed E-state index contributed by atoms with van der Waals surface area (Å²) in [7, 11) is 3.08. The number of hydrogen-bond acceptors (Lipinski definition) is 3. The van der Waals surface area contributed by atoms with Crippen LogP contribution in [0.2, 0.25) is 0 Å². The van der Waals surface area contributed by atoms with Crippen molar-refractivity contribution in [2.24, 2.45) is 5.10 Å². The number of alkyl halides is 6. The van der Waals surface area contributed by atoms with Crippen LogP contribution in [0.4, 0.5) is 26.3 Å². The zero-order chi connectivity index (χ0) is 18.8. The van der Waals surface area contributed by atoms with Gasteiger partial charge in [-0.1, -0.05) is 0 Å². The van der Waals surface area contributed by atoms with Crippen LogP contribution in [0.3, 0.4) is 0 Å². The maximum absolute atomic E-state index is 13.1. The van der Waals surface area contributed by atoms with E-state index in [9.17, 15) is 26.3 Å². The minimum Gasteiger partial charge on any atom is -0.378 e. The molecule has 0 N–H and O–H groups in total. The lowest BCUT2D eigenvalue weighted by Crippen LogP contribution is -2.42. The summed E-state index contributed by atoms with van der Waals surface area (Å²) in [6, 6.07) is 1.48. The van der Waals surface area contributed by atoms with Gasteiger partial charge in [0.2, 0.25) is 0 Å². The molecule has 1 aliphatic rings. The molecular weight excluding hydrogens is 352 g/mol. The first kappa shape index (κ1) is 19.4. The Bertz CT molecular complexity index is 601. The molecule has 0 radical (unpaired) electrons. The standard InChI is InChI=1S/C15H17F6N3O/c1-23(2)22-13(24-3-5-25-6-4-24)10-7-11(14(16,17)18)9-12(8-10)15(19,20)21/h7-9H,3-6H2,1-2H3/b22-13-. The summed E-state index contributed by atoms with van der Waals surface area (Å²) in [5.41, 5.74) is -2.97. The molecule has 140 valence electrons. The number of morpholine rings is 1. The van der Waals surface area contributed by atoms with Crippen molar-refractivity contribution in [3.8, 4) is 0 Å². The Kier molecular flexibility index (Phi) is 5.50. The predicted molar refractivity (Wildman–Crippen MR) is 79.1 cm³/mol. The first-order valence-corrected chi connectivity index (χ1v) is 7.37. The third-order valence-electron chi connectivity index (χ3n) is 3.45. The van der Waals surface area contributed by atoms with Crippen LogP contribution >= 0.6 is 0 Å². The quantitative estimate of drug-likeness (QED) is 0.347. The van der Waals surface area contributed by atoms with Gasteiger partial charge in [0.05, 0.1) is 24.3 Å². The number of nitrogens with zero attached hydrogens (tertiary/aromatic N) is 3. The topological polar surface area (TPSA) is 28.1 Å². The van der Waals surface area contributed by atoms with Gasteiger partial charge in [0.15, 0.2) is 5.84 Å². The molecule has 0 bridgehead atoms. The van der Waals surface area contributed by atoms with E-state index in [0.717, 1.165) is 0 Å². The average Bonchev–Trinajstić information content (AvgIpc) is 2.51. The number of rotatable bonds is 2. The molecule has 0 saturated carbocycles. The van der Waals surface area contributed by atoms with E-state index in [1.54, 1.807) is 19.0 Å². The molecular formula is C15H17F6N3O. The first-order valence-electron chi connectivity index (χ1n) is 7.37. The summed E-state index contributed by atoms with van der Waals surface area (Å²) in [4.78, 5) is 1.61. The highest BCUT2D eigenvalue weighted by molar-refractivity contribution is 5.99. The number of amidine groups is 1. The van der Waals surface area contributed by atoms with Crippen LogP contribution in [0.1, 0.15) is 16.7 Å². The molecule has 0 aliphatic carbocycles. The summed E-state index contributed by atoms with van der Waals surface area (Å²) in [5, 5.41) is 5.43. The molecule has 0 atom stereocenters. The monoisotopic (exact) mass is 369 g/mol. The fraction of sp³-hybridized carbons (Fsp3) is 0.533. The van der Waals surface area contributed by atoms with Gasteiger partial charge in [0.1, 0.15) is 0 Å². The summed E-state index contributed by atoms with van der Waals surface area (Å²) < 4.78 is 83.5. The van der Waals surface area contributed by atoms with Gasteiger partial charge in [-0.15, -0.1) is 0 Å². The molecule has 1 aromatic carbocycles. The van der Waals surface area contributed by atoms with Crippen molar-refractivity contribution in [1.29, 1.82) is 0 Å². The van der Waals surface area contributed by atoms with Gasteiger partial charge in [-0.25, -0.2) is 0 Å². The van der Waals surface area contributed by atoms with E-state index >= 15 is 0 Å². The van der Waals surface area contributed by atoms with Crippen LogP contribution in [0.15, 0.2) is 23.3 Å². The van der Waals surface area contributed by atoms with E-state index in [0.29, 0.717) is 38.4 Å². The Hall–Kier alpha value is -1.97. The highest BCUT2D eigenvalue weighted by Crippen LogP contribution is 2.36. The Morgan fingerprint density at radius 2 is 1.44 bits per heavy atom. The largest absolute Gasteiger partial charge is 0.416 e. The van der Waals surface area contributed by atoms with Crippen LogP contribution in [-0.4, -0.2) is 56.1 Å². The molecule has 1 heterocycles. The maximum atomic E-state index is 13.1. The van der Waals surface area contributed by atoms with Gasteiger partial charge in [0, 0.05) is 32.7 Å². The normalized spacial score (nSPS) is 17.0. The summed E-state index contributed by atoms with van der Waals surface area (Å²) >= 11 is 0. The van der Waals surface area contributed by atoms with Crippen molar-refractivity contribution in [3.05, 3.63) is 34.9 Å². The van der Waals surface area contributed by atoms with E-state index in [1.165, 1.54) is 5.01 Å². The smallest absolute Gasteiger partial charge is 0.378 e. The molecule has 25 heavy (non-hydrogen) atoms. The minimum atomic E-state index is -4.90. The Labute approximate surface area is 140 Å². The van der Waals surface area contributed by atoms with Gasteiger partial charge in [-0.05, 0) is 18.2 Å². The fourth-order valence-corrected chi connectivity index (χ4v) is 2.35. The lowest BCUT2D eigenvalue weighted by Gasteiger charge is -2.31. The molecule has 0 unspecified atom stereocenters. The number of hydrazone groups is 1. The minimum absolute atomic E-state index is 0.0462. The molecule has 0 aromatic heterocycles. The van der Waals surface area contributed by atoms with Crippen molar-refractivity contribution in [2.75, 3.05) is 40.4 Å². The molecule has 1 fully saturated rings. The maximum Gasteiger partial charge on any atom is 0.416 e. The second kappa shape index (κ2) is 7.11. The zero-order valence-corrected chi connectivity index (χ0v) is 13.6. The number of ether oxygens (including phenoxy) is 1. The fourth-order valence-electron chi connectivity index (χ4n) is 2.35. The number of hydrogen-bond donors (Lipinski definition) is 0. The van der Waals surface area contributed by atoms with Crippen LogP contribution < -0.4 is 0 Å². The van der Waals surface area contributed by atoms with Crippen LogP contribution in [-0.2, 0) is 17.1 Å². The number of benzene rings is 1. The second-order valence-corrected chi connectivity index (χ2v) is 5.66. The van der Waals surface area contributed by atoms with Gasteiger partial charge in [-0.2, -0.15) is 31.4 Å². The average molecular weight is 369 g/mol. The van der Waals surface area contributed by atoms with E-state index in [-0.39, 0.29) is 17.5 Å². The Morgan fingerprint density at radius 3 is 1.84 bits per heavy atom. The molecule has 0 spiro atoms. The van der Waals surface area contributed by atoms with Crippen molar-refractivity contribution < 1.29 is 31.1 Å². The summed E-state index contributed by atoms with van der Waals surface area (Å²) in [5.74, 6) is 0.0462. The molecule has 0 amide bonds. The highest BCUT2D eigenvalue weighted by Gasteiger charge is 2.37. The van der Waals surface area contributed by atoms with Crippen LogP contribution in [0.25, 0.3) is 0 Å². The van der Waals surface area contributed by atoms with Crippen LogP contribution in [0.5, 0.6) is 0 Å². The van der Waals surface area contributed by atoms with Gasteiger partial charge in [0.25, 0.3) is 0 Å². The SMILES string of the molecule is CN(C)/N=C(/c1cc(C(F)(F)F)cc(C(F)(F)F)c1)N1CCOCC1. The van der Waals surface area contributed by atoms with E-state index in [4.69, 9.17) is 4.74 Å². The third-order valence-corrected chi connectivity index (χ3v) is 3.45. The molecule has 1 aromatic rings. The van der Waals surface area contributed by atoms with E-state index in [1.807, 2.05) is 0 Å². The van der Waals surface area contributed by atoms with E-state index in [2.05, 4.69) is 5.10 Å². The number of halogens is 6. The van der Waals surface area contributed by atoms with Crippen molar-refractivity contribution in [3.63, 3.8) is 0 Å². The van der Waals surface area contributed by atoms with Gasteiger partial charge < -0.3 is 14.6 Å². The summed E-state index contributed by atoms with van der Waals surface area (Å²) in [6.07, 6.45) is -9.80. The third kappa shape index (κ3) is 5.00. The second-order valence-electron chi connectivity index (χ2n) is 5.66. The zero-order valence-electron chi connectivity index (χ0n) is 13.6. The van der Waals surface area contributed by atoms with Gasteiger partial charge >= 0.3 is 12.4 Å².